The molecule has 0 aliphatic heterocycles. The van der Waals surface area contributed by atoms with Crippen LogP contribution in [-0.2, 0) is 17.9 Å². The van der Waals surface area contributed by atoms with Crippen molar-refractivity contribution in [1.82, 2.24) is 14.5 Å². The Balaban J connectivity index is 1.58. The van der Waals surface area contributed by atoms with Crippen LogP contribution in [0.3, 0.4) is 0 Å². The number of likely N-dealkylation sites (N-methyl/N-ethyl adjacent to an activating group) is 1. The summed E-state index contributed by atoms with van der Waals surface area (Å²) in [5.74, 6) is -0.135. The monoisotopic (exact) mass is 429 g/mol. The van der Waals surface area contributed by atoms with Crippen molar-refractivity contribution >= 4 is 50.4 Å². The van der Waals surface area contributed by atoms with Crippen LogP contribution in [0.1, 0.15) is 5.56 Å². The van der Waals surface area contributed by atoms with E-state index >= 15 is 0 Å². The lowest BCUT2D eigenvalue weighted by Crippen LogP contribution is -2.33. The molecule has 4 rings (SSSR count). The first-order valence-corrected chi connectivity index (χ1v) is 10.6. The van der Waals surface area contributed by atoms with Crippen LogP contribution < -0.4 is 5.56 Å². The molecule has 0 spiro atoms. The Hall–Kier alpha value is -2.48. The molecule has 3 heterocycles. The van der Waals surface area contributed by atoms with Gasteiger partial charge in [-0.25, -0.2) is 4.98 Å². The molecule has 1 aromatic carbocycles. The molecule has 0 unspecified atom stereocenters. The summed E-state index contributed by atoms with van der Waals surface area (Å²) in [6.07, 6.45) is 1.44. The van der Waals surface area contributed by atoms with Gasteiger partial charge in [-0.2, -0.15) is 11.3 Å². The number of aromatic nitrogens is 2. The summed E-state index contributed by atoms with van der Waals surface area (Å²) in [4.78, 5) is 32.3. The van der Waals surface area contributed by atoms with Crippen LogP contribution in [0, 0.1) is 0 Å². The largest absolute Gasteiger partial charge is 0.340 e. The maximum absolute atomic E-state index is 12.8. The number of amides is 1. The van der Waals surface area contributed by atoms with Gasteiger partial charge in [0.1, 0.15) is 11.2 Å². The summed E-state index contributed by atoms with van der Waals surface area (Å²) in [7, 11) is 1.74. The van der Waals surface area contributed by atoms with E-state index in [0.717, 1.165) is 16.0 Å². The number of halogens is 1. The molecule has 142 valence electrons. The summed E-state index contributed by atoms with van der Waals surface area (Å²) < 4.78 is 1.91. The van der Waals surface area contributed by atoms with Crippen LogP contribution in [-0.4, -0.2) is 27.4 Å². The Labute approximate surface area is 174 Å². The summed E-state index contributed by atoms with van der Waals surface area (Å²) in [6.45, 7) is 0.489. The Kier molecular flexibility index (Phi) is 5.30. The fraction of sp³-hybridized carbons (Fsp3) is 0.150. The highest BCUT2D eigenvalue weighted by molar-refractivity contribution is 7.22. The third kappa shape index (κ3) is 3.87. The topological polar surface area (TPSA) is 55.2 Å². The molecule has 4 aromatic rings. The van der Waals surface area contributed by atoms with Gasteiger partial charge in [0.05, 0.1) is 11.8 Å². The summed E-state index contributed by atoms with van der Waals surface area (Å²) in [5, 5.41) is 4.65. The standard InChI is InChI=1S/C20H16ClN3O2S2/c1-23(9-13-6-7-27-11-13)18(25)10-24-12-22-16-8-17(28-19(16)20(24)26)14-2-4-15(21)5-3-14/h2-8,11-12H,9-10H2,1H3. The van der Waals surface area contributed by atoms with E-state index in [1.807, 2.05) is 47.2 Å². The lowest BCUT2D eigenvalue weighted by atomic mass is 10.2. The number of carbonyl (C=O) groups is 1. The second-order valence-corrected chi connectivity index (χ2v) is 8.66. The number of nitrogens with zero attached hydrogens (tertiary/aromatic N) is 3. The van der Waals surface area contributed by atoms with Gasteiger partial charge in [-0.1, -0.05) is 23.7 Å². The Morgan fingerprint density at radius 2 is 2.04 bits per heavy atom. The molecule has 0 saturated heterocycles. The first kappa shape index (κ1) is 18.9. The SMILES string of the molecule is CN(Cc1ccsc1)C(=O)Cn1cnc2cc(-c3ccc(Cl)cc3)sc2c1=O. The highest BCUT2D eigenvalue weighted by Gasteiger charge is 2.15. The molecular formula is C20H16ClN3O2S2. The predicted octanol–water partition coefficient (Wildman–Crippen LogP) is 4.50. The first-order valence-electron chi connectivity index (χ1n) is 8.51. The Morgan fingerprint density at radius 1 is 1.25 bits per heavy atom. The van der Waals surface area contributed by atoms with Crippen LogP contribution in [0.5, 0.6) is 0 Å². The summed E-state index contributed by atoms with van der Waals surface area (Å²) in [6, 6.07) is 11.3. The molecule has 1 amide bonds. The molecule has 0 atom stereocenters. The Bertz CT molecular complexity index is 1180. The quantitative estimate of drug-likeness (QED) is 0.469. The third-order valence-electron chi connectivity index (χ3n) is 4.36. The molecule has 0 fully saturated rings. The zero-order valence-electron chi connectivity index (χ0n) is 15.0. The van der Waals surface area contributed by atoms with Crippen LogP contribution in [0.25, 0.3) is 20.7 Å². The van der Waals surface area contributed by atoms with E-state index in [4.69, 9.17) is 11.6 Å². The number of hydrogen-bond acceptors (Lipinski definition) is 5. The summed E-state index contributed by atoms with van der Waals surface area (Å²) in [5.41, 5.74) is 2.49. The van der Waals surface area contributed by atoms with Crippen molar-refractivity contribution < 1.29 is 4.79 Å². The molecule has 0 aliphatic rings. The van der Waals surface area contributed by atoms with E-state index in [2.05, 4.69) is 4.98 Å². The molecule has 0 bridgehead atoms. The number of hydrogen-bond donors (Lipinski definition) is 0. The number of rotatable bonds is 5. The molecule has 0 N–H and O–H groups in total. The molecule has 28 heavy (non-hydrogen) atoms. The van der Waals surface area contributed by atoms with Crippen molar-refractivity contribution in [2.24, 2.45) is 0 Å². The van der Waals surface area contributed by atoms with E-state index in [1.165, 1.54) is 22.2 Å². The predicted molar refractivity (Wildman–Crippen MR) is 115 cm³/mol. The minimum Gasteiger partial charge on any atom is -0.340 e. The second kappa shape index (κ2) is 7.87. The van der Waals surface area contributed by atoms with E-state index in [0.29, 0.717) is 21.8 Å². The number of benzene rings is 1. The van der Waals surface area contributed by atoms with Crippen molar-refractivity contribution in [2.75, 3.05) is 7.05 Å². The zero-order valence-corrected chi connectivity index (χ0v) is 17.4. The van der Waals surface area contributed by atoms with Gasteiger partial charge in [-0.3, -0.25) is 14.2 Å². The van der Waals surface area contributed by atoms with Gasteiger partial charge in [0.15, 0.2) is 0 Å². The maximum atomic E-state index is 12.8. The Morgan fingerprint density at radius 3 is 2.75 bits per heavy atom. The van der Waals surface area contributed by atoms with Crippen LogP contribution in [0.4, 0.5) is 0 Å². The lowest BCUT2D eigenvalue weighted by Gasteiger charge is -2.17. The molecule has 0 radical (unpaired) electrons. The first-order chi connectivity index (χ1) is 13.5. The third-order valence-corrected chi connectivity index (χ3v) is 6.51. The van der Waals surface area contributed by atoms with Gasteiger partial charge in [-0.05, 0) is 46.2 Å². The highest BCUT2D eigenvalue weighted by atomic mass is 35.5. The van der Waals surface area contributed by atoms with Gasteiger partial charge >= 0.3 is 0 Å². The van der Waals surface area contributed by atoms with Gasteiger partial charge in [-0.15, -0.1) is 11.3 Å². The average Bonchev–Trinajstić information content (AvgIpc) is 3.34. The maximum Gasteiger partial charge on any atom is 0.271 e. The number of thiophene rings is 2. The smallest absolute Gasteiger partial charge is 0.271 e. The molecule has 0 saturated carbocycles. The average molecular weight is 430 g/mol. The van der Waals surface area contributed by atoms with Crippen molar-refractivity contribution in [3.05, 3.63) is 74.4 Å². The number of carbonyl (C=O) groups excluding carboxylic acids is 1. The van der Waals surface area contributed by atoms with Crippen molar-refractivity contribution in [3.63, 3.8) is 0 Å². The van der Waals surface area contributed by atoms with Gasteiger partial charge in [0, 0.05) is 23.5 Å². The van der Waals surface area contributed by atoms with Crippen LogP contribution in [0.15, 0.2) is 58.3 Å². The van der Waals surface area contributed by atoms with Gasteiger partial charge < -0.3 is 4.90 Å². The molecule has 3 aromatic heterocycles. The van der Waals surface area contributed by atoms with Crippen LogP contribution >= 0.6 is 34.3 Å². The van der Waals surface area contributed by atoms with E-state index in [1.54, 1.807) is 23.3 Å². The van der Waals surface area contributed by atoms with Crippen molar-refractivity contribution in [3.8, 4) is 10.4 Å². The highest BCUT2D eigenvalue weighted by Crippen LogP contribution is 2.31. The van der Waals surface area contributed by atoms with Crippen LogP contribution in [0.2, 0.25) is 5.02 Å². The van der Waals surface area contributed by atoms with Gasteiger partial charge in [0.25, 0.3) is 5.56 Å². The van der Waals surface area contributed by atoms with Crippen molar-refractivity contribution in [1.29, 1.82) is 0 Å². The normalized spacial score (nSPS) is 11.1. The lowest BCUT2D eigenvalue weighted by molar-refractivity contribution is -0.131. The molecule has 5 nitrogen and oxygen atoms in total. The van der Waals surface area contributed by atoms with E-state index in [9.17, 15) is 9.59 Å². The number of fused-ring (bicyclic) bond motifs is 1. The van der Waals surface area contributed by atoms with Crippen molar-refractivity contribution in [2.45, 2.75) is 13.1 Å². The van der Waals surface area contributed by atoms with E-state index in [-0.39, 0.29) is 18.0 Å². The fourth-order valence-corrected chi connectivity index (χ4v) is 4.68. The minimum absolute atomic E-state index is 0.0312. The molecule has 8 heteroatoms. The minimum atomic E-state index is -0.201. The summed E-state index contributed by atoms with van der Waals surface area (Å²) >= 11 is 8.91. The molecule has 0 aliphatic carbocycles. The zero-order chi connectivity index (χ0) is 19.7. The fourth-order valence-electron chi connectivity index (χ4n) is 2.83. The molecular weight excluding hydrogens is 414 g/mol. The second-order valence-electron chi connectivity index (χ2n) is 6.39. The van der Waals surface area contributed by atoms with Gasteiger partial charge in [0.2, 0.25) is 5.91 Å². The van der Waals surface area contributed by atoms with E-state index < -0.39 is 0 Å².